The summed E-state index contributed by atoms with van der Waals surface area (Å²) >= 11 is 0. The van der Waals surface area contributed by atoms with E-state index in [1.54, 1.807) is 0 Å². The van der Waals surface area contributed by atoms with Crippen molar-refractivity contribution in [3.63, 3.8) is 0 Å². The second-order valence-corrected chi connectivity index (χ2v) is 5.07. The van der Waals surface area contributed by atoms with Crippen molar-refractivity contribution in [2.75, 3.05) is 19.8 Å². The molecule has 1 saturated heterocycles. The van der Waals surface area contributed by atoms with Crippen molar-refractivity contribution in [1.29, 1.82) is 0 Å². The normalized spacial score (nSPS) is 24.3. The summed E-state index contributed by atoms with van der Waals surface area (Å²) < 4.78 is 4.32. The van der Waals surface area contributed by atoms with Crippen LogP contribution in [0.1, 0.15) is 39.5 Å². The van der Waals surface area contributed by atoms with E-state index in [4.69, 9.17) is 0 Å². The molecule has 0 aromatic rings. The third-order valence-corrected chi connectivity index (χ3v) is 3.36. The minimum absolute atomic E-state index is 0.185. The number of aliphatic hydroxyl groups excluding tert-OH is 1. The molecule has 0 radical (unpaired) electrons. The molecular weight excluding hydrogens is 214 g/mol. The van der Waals surface area contributed by atoms with E-state index in [1.807, 2.05) is 0 Å². The SMILES string of the molecule is CCCC/C=C/C(C)C(O)NCC1CC[OH+]C1. The van der Waals surface area contributed by atoms with Gasteiger partial charge in [0.25, 0.3) is 0 Å². The molecule has 0 aromatic carbocycles. The third-order valence-electron chi connectivity index (χ3n) is 3.36. The maximum Gasteiger partial charge on any atom is 0.149 e. The van der Waals surface area contributed by atoms with E-state index >= 15 is 0 Å². The highest BCUT2D eigenvalue weighted by molar-refractivity contribution is 4.89. The molecule has 0 aromatic heterocycles. The van der Waals surface area contributed by atoms with Crippen molar-refractivity contribution in [2.45, 2.75) is 45.8 Å². The molecule has 100 valence electrons. The zero-order chi connectivity index (χ0) is 12.5. The van der Waals surface area contributed by atoms with Crippen molar-refractivity contribution in [3.05, 3.63) is 12.2 Å². The van der Waals surface area contributed by atoms with E-state index < -0.39 is 6.23 Å². The molecule has 17 heavy (non-hydrogen) atoms. The number of allylic oxidation sites excluding steroid dienone is 1. The molecular formula is C14H28NO2+. The van der Waals surface area contributed by atoms with Crippen molar-refractivity contribution in [2.24, 2.45) is 11.8 Å². The van der Waals surface area contributed by atoms with Gasteiger partial charge in [-0.15, -0.1) is 0 Å². The van der Waals surface area contributed by atoms with Crippen molar-refractivity contribution in [1.82, 2.24) is 5.32 Å². The number of rotatable bonds is 8. The van der Waals surface area contributed by atoms with Crippen LogP contribution >= 0.6 is 0 Å². The zero-order valence-electron chi connectivity index (χ0n) is 11.2. The van der Waals surface area contributed by atoms with E-state index in [9.17, 15) is 5.11 Å². The number of hydrogen-bond acceptors (Lipinski definition) is 2. The van der Waals surface area contributed by atoms with Gasteiger partial charge in [0.1, 0.15) is 19.4 Å². The maximum absolute atomic E-state index is 9.94. The Morgan fingerprint density at radius 2 is 2.35 bits per heavy atom. The Bertz CT molecular complexity index is 212. The van der Waals surface area contributed by atoms with Crippen LogP contribution in [0, 0.1) is 11.8 Å². The first kappa shape index (κ1) is 14.7. The average molecular weight is 242 g/mol. The number of unbranched alkanes of at least 4 members (excludes halogenated alkanes) is 2. The van der Waals surface area contributed by atoms with E-state index in [0.717, 1.165) is 26.2 Å². The molecule has 3 unspecified atom stereocenters. The topological polar surface area (TPSA) is 45.1 Å². The fourth-order valence-electron chi connectivity index (χ4n) is 2.02. The summed E-state index contributed by atoms with van der Waals surface area (Å²) in [6, 6.07) is 0. The Morgan fingerprint density at radius 1 is 1.53 bits per heavy atom. The van der Waals surface area contributed by atoms with Gasteiger partial charge in [0, 0.05) is 24.8 Å². The minimum atomic E-state index is -0.423. The predicted octanol–water partition coefficient (Wildman–Crippen LogP) is 1.82. The summed E-state index contributed by atoms with van der Waals surface area (Å²) in [5.41, 5.74) is 0. The summed E-state index contributed by atoms with van der Waals surface area (Å²) in [5, 5.41) is 13.2. The maximum atomic E-state index is 9.94. The Morgan fingerprint density at radius 3 is 3.00 bits per heavy atom. The standard InChI is InChI=1S/C14H27NO2/c1-3-4-5-6-7-12(2)14(16)15-10-13-8-9-17-11-13/h6-7,12-16H,3-5,8-11H2,1-2H3/p+1/b7-6+. The van der Waals surface area contributed by atoms with Crippen LogP contribution in [0.4, 0.5) is 0 Å². The van der Waals surface area contributed by atoms with Gasteiger partial charge in [-0.05, 0) is 6.42 Å². The molecule has 3 nitrogen and oxygen atoms in total. The largest absolute Gasteiger partial charge is 0.433 e. The first-order valence-corrected chi connectivity index (χ1v) is 6.95. The molecule has 1 aliphatic heterocycles. The molecule has 0 amide bonds. The van der Waals surface area contributed by atoms with Crippen LogP contribution in [-0.4, -0.2) is 35.8 Å². The Hall–Kier alpha value is -0.380. The molecule has 1 heterocycles. The van der Waals surface area contributed by atoms with Gasteiger partial charge in [-0.2, -0.15) is 0 Å². The molecule has 0 saturated carbocycles. The average Bonchev–Trinajstić information content (AvgIpc) is 2.84. The van der Waals surface area contributed by atoms with Gasteiger partial charge >= 0.3 is 0 Å². The number of nitrogens with one attached hydrogen (secondary N) is 1. The monoisotopic (exact) mass is 242 g/mol. The first-order chi connectivity index (χ1) is 8.24. The quantitative estimate of drug-likeness (QED) is 0.295. The van der Waals surface area contributed by atoms with Gasteiger partial charge in [0.2, 0.25) is 0 Å². The molecule has 3 atom stereocenters. The lowest BCUT2D eigenvalue weighted by atomic mass is 10.1. The Kier molecular flexibility index (Phi) is 7.49. The summed E-state index contributed by atoms with van der Waals surface area (Å²) in [5.74, 6) is 0.811. The summed E-state index contributed by atoms with van der Waals surface area (Å²) in [4.78, 5) is 0. The summed E-state index contributed by atoms with van der Waals surface area (Å²) in [7, 11) is 0. The van der Waals surface area contributed by atoms with Gasteiger partial charge in [0.15, 0.2) is 0 Å². The molecule has 3 heteroatoms. The van der Waals surface area contributed by atoms with Crippen LogP contribution < -0.4 is 5.32 Å². The van der Waals surface area contributed by atoms with Crippen LogP contribution in [-0.2, 0) is 0 Å². The molecule has 1 fully saturated rings. The lowest BCUT2D eigenvalue weighted by Crippen LogP contribution is -2.37. The number of aliphatic hydroxyl groups is 3. The second kappa shape index (κ2) is 8.67. The van der Waals surface area contributed by atoms with Gasteiger partial charge in [0.05, 0.1) is 0 Å². The molecule has 0 bridgehead atoms. The lowest BCUT2D eigenvalue weighted by molar-refractivity contribution is 0.000820. The fourth-order valence-corrected chi connectivity index (χ4v) is 2.02. The zero-order valence-corrected chi connectivity index (χ0v) is 11.2. The van der Waals surface area contributed by atoms with Crippen molar-refractivity contribution in [3.8, 4) is 0 Å². The Labute approximate surface area is 105 Å². The Balaban J connectivity index is 2.12. The van der Waals surface area contributed by atoms with E-state index in [-0.39, 0.29) is 5.92 Å². The summed E-state index contributed by atoms with van der Waals surface area (Å²) in [6.45, 7) is 7.09. The highest BCUT2D eigenvalue weighted by Crippen LogP contribution is 2.10. The van der Waals surface area contributed by atoms with Gasteiger partial charge < -0.3 is 9.84 Å². The lowest BCUT2D eigenvalue weighted by Gasteiger charge is -2.18. The molecule has 0 spiro atoms. The van der Waals surface area contributed by atoms with Crippen LogP contribution in [0.3, 0.4) is 0 Å². The van der Waals surface area contributed by atoms with Crippen LogP contribution in [0.15, 0.2) is 12.2 Å². The predicted molar refractivity (Wildman–Crippen MR) is 71.9 cm³/mol. The van der Waals surface area contributed by atoms with E-state index in [0.29, 0.717) is 5.92 Å². The first-order valence-electron chi connectivity index (χ1n) is 6.95. The van der Waals surface area contributed by atoms with E-state index in [2.05, 4.69) is 36.1 Å². The fraction of sp³-hybridized carbons (Fsp3) is 0.857. The van der Waals surface area contributed by atoms with Gasteiger partial charge in [-0.1, -0.05) is 38.8 Å². The molecule has 1 rings (SSSR count). The number of hydrogen-bond donors (Lipinski definition) is 2. The molecule has 0 aliphatic carbocycles. The van der Waals surface area contributed by atoms with Crippen LogP contribution in [0.25, 0.3) is 0 Å². The van der Waals surface area contributed by atoms with Gasteiger partial charge in [-0.25, -0.2) is 0 Å². The number of ether oxygens (including phenoxy) is 1. The highest BCUT2D eigenvalue weighted by Gasteiger charge is 2.21. The van der Waals surface area contributed by atoms with Crippen molar-refractivity contribution < 1.29 is 9.84 Å². The van der Waals surface area contributed by atoms with Crippen molar-refractivity contribution >= 4 is 0 Å². The molecule has 1 aliphatic rings. The van der Waals surface area contributed by atoms with Gasteiger partial charge in [-0.3, -0.25) is 5.32 Å². The summed E-state index contributed by atoms with van der Waals surface area (Å²) in [6.07, 6.45) is 8.63. The molecule has 3 N–H and O–H groups in total. The third kappa shape index (κ3) is 6.20. The van der Waals surface area contributed by atoms with E-state index in [1.165, 1.54) is 19.3 Å². The second-order valence-electron chi connectivity index (χ2n) is 5.07. The van der Waals surface area contributed by atoms with Crippen LogP contribution in [0.2, 0.25) is 0 Å². The smallest absolute Gasteiger partial charge is 0.149 e. The highest BCUT2D eigenvalue weighted by atomic mass is 16.5. The minimum Gasteiger partial charge on any atom is -0.433 e. The van der Waals surface area contributed by atoms with Crippen LogP contribution in [0.5, 0.6) is 0 Å².